The van der Waals surface area contributed by atoms with E-state index in [0.29, 0.717) is 11.3 Å². The number of hydrogen-bond acceptors (Lipinski definition) is 5. The summed E-state index contributed by atoms with van der Waals surface area (Å²) in [6.45, 7) is -1.11. The number of aryl methyl sites for hydroxylation is 1. The van der Waals surface area contributed by atoms with Gasteiger partial charge in [0.05, 0.1) is 13.2 Å². The van der Waals surface area contributed by atoms with Gasteiger partial charge in [0.15, 0.2) is 0 Å². The maximum absolute atomic E-state index is 12.2. The van der Waals surface area contributed by atoms with Crippen molar-refractivity contribution in [3.05, 3.63) is 77.2 Å². The molecule has 1 atom stereocenters. The summed E-state index contributed by atoms with van der Waals surface area (Å²) in [5.41, 5.74) is 9.62. The molecule has 0 saturated carbocycles. The van der Waals surface area contributed by atoms with Crippen LogP contribution in [0, 0.1) is 6.92 Å². The van der Waals surface area contributed by atoms with Crippen molar-refractivity contribution in [2.45, 2.75) is 19.6 Å². The molecule has 1 unspecified atom stereocenters. The van der Waals surface area contributed by atoms with Crippen LogP contribution in [0.4, 0.5) is 8.78 Å². The number of hydrogen-bond donors (Lipinski definition) is 1. The molecule has 2 N–H and O–H groups in total. The summed E-state index contributed by atoms with van der Waals surface area (Å²) in [6, 6.07) is 15.0. The molecule has 0 amide bonds. The minimum absolute atomic E-state index is 0.105. The average molecular weight is 387 g/mol. The third kappa shape index (κ3) is 4.20. The number of ether oxygens (including phenoxy) is 2. The fourth-order valence-electron chi connectivity index (χ4n) is 2.90. The van der Waals surface area contributed by atoms with Crippen molar-refractivity contribution in [3.8, 4) is 16.9 Å². The van der Waals surface area contributed by atoms with Gasteiger partial charge in [-0.05, 0) is 41.8 Å². The van der Waals surface area contributed by atoms with Crippen LogP contribution in [0.3, 0.4) is 0 Å². The molecule has 3 aromatic rings. The van der Waals surface area contributed by atoms with Crippen molar-refractivity contribution in [3.63, 3.8) is 0 Å². The zero-order valence-corrected chi connectivity index (χ0v) is 15.3. The first kappa shape index (κ1) is 19.6. The molecular weight excluding hydrogens is 368 g/mol. The van der Waals surface area contributed by atoms with Gasteiger partial charge in [-0.25, -0.2) is 4.79 Å². The number of carbonyl (C=O) groups excluding carboxylic acids is 1. The third-order valence-electron chi connectivity index (χ3n) is 4.36. The molecule has 28 heavy (non-hydrogen) atoms. The molecule has 1 heterocycles. The average Bonchev–Trinajstić information content (AvgIpc) is 3.09. The number of esters is 1. The molecule has 7 heteroatoms. The Morgan fingerprint density at radius 2 is 1.61 bits per heavy atom. The normalized spacial score (nSPS) is 12.1. The summed E-state index contributed by atoms with van der Waals surface area (Å²) < 4.78 is 38.9. The predicted octanol–water partition coefficient (Wildman–Crippen LogP) is 4.69. The zero-order chi connectivity index (χ0) is 20.3. The highest BCUT2D eigenvalue weighted by molar-refractivity contribution is 5.86. The number of nitrogens with two attached hydrogens (primary N) is 1. The second-order valence-corrected chi connectivity index (χ2v) is 6.12. The van der Waals surface area contributed by atoms with Crippen LogP contribution in [0.25, 0.3) is 11.1 Å². The Morgan fingerprint density at radius 1 is 1.04 bits per heavy atom. The second kappa shape index (κ2) is 8.22. The Morgan fingerprint density at radius 3 is 2.14 bits per heavy atom. The van der Waals surface area contributed by atoms with E-state index in [-0.39, 0.29) is 11.5 Å². The lowest BCUT2D eigenvalue weighted by molar-refractivity contribution is -0.0498. The van der Waals surface area contributed by atoms with Crippen molar-refractivity contribution in [2.24, 2.45) is 5.73 Å². The molecule has 146 valence electrons. The molecule has 0 saturated heterocycles. The first-order valence-electron chi connectivity index (χ1n) is 8.48. The topological polar surface area (TPSA) is 74.7 Å². The second-order valence-electron chi connectivity index (χ2n) is 6.12. The summed E-state index contributed by atoms with van der Waals surface area (Å²) in [7, 11) is 1.28. The van der Waals surface area contributed by atoms with Crippen LogP contribution >= 0.6 is 0 Å². The molecule has 2 aromatic carbocycles. The number of alkyl halides is 2. The molecule has 1 aromatic heterocycles. The first-order chi connectivity index (χ1) is 13.4. The van der Waals surface area contributed by atoms with E-state index in [1.807, 2.05) is 24.3 Å². The van der Waals surface area contributed by atoms with Crippen molar-refractivity contribution in [1.29, 1.82) is 0 Å². The maximum Gasteiger partial charge on any atom is 0.387 e. The SMILES string of the molecule is COC(=O)c1cc(C(N)c2ccc(-c3ccc(OC(F)F)cc3)cc2)c(C)o1. The van der Waals surface area contributed by atoms with Crippen LogP contribution in [0.15, 0.2) is 59.0 Å². The zero-order valence-electron chi connectivity index (χ0n) is 15.3. The molecule has 0 bridgehead atoms. The van der Waals surface area contributed by atoms with Gasteiger partial charge in [0, 0.05) is 5.56 Å². The summed E-state index contributed by atoms with van der Waals surface area (Å²) in [5, 5.41) is 0. The summed E-state index contributed by atoms with van der Waals surface area (Å²) in [4.78, 5) is 11.6. The molecule has 0 fully saturated rings. The van der Waals surface area contributed by atoms with Crippen LogP contribution < -0.4 is 10.5 Å². The predicted molar refractivity (Wildman–Crippen MR) is 99.3 cm³/mol. The van der Waals surface area contributed by atoms with Crippen molar-refractivity contribution >= 4 is 5.97 Å². The molecule has 0 aliphatic carbocycles. The van der Waals surface area contributed by atoms with Gasteiger partial charge in [0.2, 0.25) is 5.76 Å². The molecule has 0 aliphatic rings. The lowest BCUT2D eigenvalue weighted by Crippen LogP contribution is -2.12. The highest BCUT2D eigenvalue weighted by Gasteiger charge is 2.20. The molecule has 0 spiro atoms. The van der Waals surface area contributed by atoms with E-state index in [0.717, 1.165) is 16.7 Å². The molecule has 5 nitrogen and oxygen atoms in total. The van der Waals surface area contributed by atoms with Gasteiger partial charge in [-0.3, -0.25) is 0 Å². The van der Waals surface area contributed by atoms with E-state index in [2.05, 4.69) is 9.47 Å². The molecular formula is C21H19F2NO4. The van der Waals surface area contributed by atoms with Crippen LogP contribution in [-0.4, -0.2) is 19.7 Å². The fourth-order valence-corrected chi connectivity index (χ4v) is 2.90. The Balaban J connectivity index is 1.79. The highest BCUT2D eigenvalue weighted by atomic mass is 19.3. The third-order valence-corrected chi connectivity index (χ3v) is 4.36. The van der Waals surface area contributed by atoms with Crippen LogP contribution in [-0.2, 0) is 4.74 Å². The van der Waals surface area contributed by atoms with Gasteiger partial charge in [-0.15, -0.1) is 0 Å². The fraction of sp³-hybridized carbons (Fsp3) is 0.190. The Bertz CT molecular complexity index is 950. The first-order valence-corrected chi connectivity index (χ1v) is 8.48. The maximum atomic E-state index is 12.2. The Kier molecular flexibility index (Phi) is 5.75. The van der Waals surface area contributed by atoms with Crippen molar-refractivity contribution in [1.82, 2.24) is 0 Å². The number of benzene rings is 2. The van der Waals surface area contributed by atoms with Crippen LogP contribution in [0.2, 0.25) is 0 Å². The lowest BCUT2D eigenvalue weighted by Gasteiger charge is -2.12. The van der Waals surface area contributed by atoms with E-state index in [9.17, 15) is 13.6 Å². The van der Waals surface area contributed by atoms with E-state index in [4.69, 9.17) is 10.2 Å². The van der Waals surface area contributed by atoms with Gasteiger partial charge in [-0.2, -0.15) is 8.78 Å². The molecule has 3 rings (SSSR count). The van der Waals surface area contributed by atoms with Crippen molar-refractivity contribution in [2.75, 3.05) is 7.11 Å². The van der Waals surface area contributed by atoms with Crippen molar-refractivity contribution < 1.29 is 27.5 Å². The largest absolute Gasteiger partial charge is 0.463 e. The summed E-state index contributed by atoms with van der Waals surface area (Å²) >= 11 is 0. The standard InChI is InChI=1S/C21H19F2NO4/c1-12-17(11-18(27-12)20(25)26-2)19(24)15-5-3-13(4-6-15)14-7-9-16(10-8-14)28-21(22)23/h3-11,19,21H,24H2,1-2H3. The lowest BCUT2D eigenvalue weighted by atomic mass is 9.97. The van der Waals surface area contributed by atoms with Gasteiger partial charge in [-0.1, -0.05) is 36.4 Å². The molecule has 0 radical (unpaired) electrons. The number of methoxy groups -OCH3 is 1. The van der Waals surface area contributed by atoms with Gasteiger partial charge >= 0.3 is 12.6 Å². The number of furan rings is 1. The van der Waals surface area contributed by atoms with Gasteiger partial charge in [0.1, 0.15) is 11.5 Å². The number of halogens is 2. The summed E-state index contributed by atoms with van der Waals surface area (Å²) in [5.74, 6) is 0.199. The van der Waals surface area contributed by atoms with Gasteiger partial charge in [0.25, 0.3) is 0 Å². The molecule has 0 aliphatic heterocycles. The van der Waals surface area contributed by atoms with Gasteiger partial charge < -0.3 is 19.6 Å². The highest BCUT2D eigenvalue weighted by Crippen LogP contribution is 2.29. The minimum atomic E-state index is -2.85. The van der Waals surface area contributed by atoms with E-state index < -0.39 is 18.6 Å². The number of carbonyl (C=O) groups is 1. The number of rotatable bonds is 6. The summed E-state index contributed by atoms with van der Waals surface area (Å²) in [6.07, 6.45) is 0. The quantitative estimate of drug-likeness (QED) is 0.621. The van der Waals surface area contributed by atoms with Crippen LogP contribution in [0.5, 0.6) is 5.75 Å². The van der Waals surface area contributed by atoms with Crippen LogP contribution in [0.1, 0.15) is 33.5 Å². The monoisotopic (exact) mass is 387 g/mol. The van der Waals surface area contributed by atoms with E-state index >= 15 is 0 Å². The Labute approximate surface area is 160 Å². The van der Waals surface area contributed by atoms with E-state index in [1.165, 1.54) is 19.2 Å². The Hall–Kier alpha value is -3.19. The smallest absolute Gasteiger partial charge is 0.387 e. The minimum Gasteiger partial charge on any atom is -0.463 e. The van der Waals surface area contributed by atoms with E-state index in [1.54, 1.807) is 25.1 Å².